The van der Waals surface area contributed by atoms with Crippen molar-refractivity contribution < 1.29 is 9.53 Å². The molecule has 4 heteroatoms. The summed E-state index contributed by atoms with van der Waals surface area (Å²) in [6.07, 6.45) is 0.402. The number of benzene rings is 2. The first-order valence-electron chi connectivity index (χ1n) is 8.81. The van der Waals surface area contributed by atoms with Crippen molar-refractivity contribution in [2.24, 2.45) is 0 Å². The highest BCUT2D eigenvalue weighted by atomic mass is 16.5. The van der Waals surface area contributed by atoms with Gasteiger partial charge in [-0.05, 0) is 43.4 Å². The average molecular weight is 340 g/mol. The van der Waals surface area contributed by atoms with Gasteiger partial charge in [-0.3, -0.25) is 0 Å². The number of rotatable bonds is 7. The molecule has 0 fully saturated rings. The molecule has 4 nitrogen and oxygen atoms in total. The lowest BCUT2D eigenvalue weighted by Gasteiger charge is -2.20. The van der Waals surface area contributed by atoms with E-state index in [-0.39, 0.29) is 6.03 Å². The highest BCUT2D eigenvalue weighted by Gasteiger charge is 2.12. The van der Waals surface area contributed by atoms with E-state index in [1.165, 1.54) is 11.1 Å². The van der Waals surface area contributed by atoms with Gasteiger partial charge in [0.25, 0.3) is 0 Å². The maximum absolute atomic E-state index is 12.0. The molecular formula is C21H28N2O2. The van der Waals surface area contributed by atoms with E-state index >= 15 is 0 Å². The van der Waals surface area contributed by atoms with Crippen molar-refractivity contribution in [1.29, 1.82) is 0 Å². The highest BCUT2D eigenvalue weighted by molar-refractivity contribution is 5.74. The first-order valence-corrected chi connectivity index (χ1v) is 8.81. The molecule has 0 aliphatic carbocycles. The van der Waals surface area contributed by atoms with Crippen LogP contribution in [0.25, 0.3) is 0 Å². The van der Waals surface area contributed by atoms with E-state index in [0.717, 1.165) is 17.7 Å². The minimum absolute atomic E-state index is 0.220. The summed E-state index contributed by atoms with van der Waals surface area (Å²) in [5, 5.41) is 5.69. The second-order valence-electron chi connectivity index (χ2n) is 6.59. The van der Waals surface area contributed by atoms with E-state index in [9.17, 15) is 4.79 Å². The van der Waals surface area contributed by atoms with Crippen molar-refractivity contribution in [3.63, 3.8) is 0 Å². The van der Waals surface area contributed by atoms with Gasteiger partial charge in [0.05, 0.1) is 0 Å². The predicted octanol–water partition coefficient (Wildman–Crippen LogP) is 4.39. The Morgan fingerprint density at radius 1 is 1.08 bits per heavy atom. The van der Waals surface area contributed by atoms with Gasteiger partial charge < -0.3 is 15.4 Å². The maximum atomic E-state index is 12.0. The number of ether oxygens (including phenoxy) is 1. The second kappa shape index (κ2) is 9.11. The zero-order valence-electron chi connectivity index (χ0n) is 15.5. The topological polar surface area (TPSA) is 50.4 Å². The van der Waals surface area contributed by atoms with E-state index in [1.807, 2.05) is 31.2 Å². The zero-order chi connectivity index (χ0) is 18.2. The number of carbonyl (C=O) groups excluding carboxylic acids is 1. The molecule has 0 spiro atoms. The normalized spacial score (nSPS) is 11.9. The van der Waals surface area contributed by atoms with Crippen LogP contribution in [0.1, 0.15) is 43.4 Å². The van der Waals surface area contributed by atoms with Crippen LogP contribution in [0.15, 0.2) is 48.5 Å². The second-order valence-corrected chi connectivity index (χ2v) is 6.59. The van der Waals surface area contributed by atoms with Crippen LogP contribution in [-0.2, 0) is 6.42 Å². The lowest BCUT2D eigenvalue weighted by atomic mass is 10.0. The summed E-state index contributed by atoms with van der Waals surface area (Å²) in [6.45, 7) is 8.73. The van der Waals surface area contributed by atoms with Gasteiger partial charge in [-0.25, -0.2) is 4.79 Å². The summed E-state index contributed by atoms with van der Waals surface area (Å²) in [7, 11) is 0. The molecule has 0 heterocycles. The van der Waals surface area contributed by atoms with Crippen LogP contribution in [0.3, 0.4) is 0 Å². The molecule has 2 amide bonds. The molecule has 2 aromatic rings. The van der Waals surface area contributed by atoms with Crippen molar-refractivity contribution in [2.45, 2.75) is 46.3 Å². The summed E-state index contributed by atoms with van der Waals surface area (Å²) in [5.74, 6) is 1.18. The molecule has 25 heavy (non-hydrogen) atoms. The fourth-order valence-electron chi connectivity index (χ4n) is 2.71. The van der Waals surface area contributed by atoms with Crippen LogP contribution < -0.4 is 15.4 Å². The van der Waals surface area contributed by atoms with E-state index in [2.05, 4.69) is 55.7 Å². The molecule has 0 aliphatic heterocycles. The molecule has 1 unspecified atom stereocenters. The smallest absolute Gasteiger partial charge is 0.317 e. The largest absolute Gasteiger partial charge is 0.471 e. The molecule has 0 bridgehead atoms. The Hall–Kier alpha value is -2.49. The summed E-state index contributed by atoms with van der Waals surface area (Å²) in [4.78, 5) is 12.0. The van der Waals surface area contributed by atoms with Crippen molar-refractivity contribution in [3.8, 4) is 5.75 Å². The monoisotopic (exact) mass is 340 g/mol. The van der Waals surface area contributed by atoms with Gasteiger partial charge in [-0.15, -0.1) is 0 Å². The predicted molar refractivity (Wildman–Crippen MR) is 102 cm³/mol. The summed E-state index contributed by atoms with van der Waals surface area (Å²) < 4.78 is 5.89. The molecule has 0 saturated carbocycles. The minimum Gasteiger partial charge on any atom is -0.471 e. The Morgan fingerprint density at radius 3 is 2.56 bits per heavy atom. The Kier molecular flexibility index (Phi) is 6.87. The minimum atomic E-state index is -0.404. The van der Waals surface area contributed by atoms with Crippen LogP contribution in [0.5, 0.6) is 5.75 Å². The lowest BCUT2D eigenvalue weighted by molar-refractivity contribution is 0.175. The van der Waals surface area contributed by atoms with E-state index in [0.29, 0.717) is 12.5 Å². The first-order chi connectivity index (χ1) is 12.0. The fourth-order valence-corrected chi connectivity index (χ4v) is 2.71. The lowest BCUT2D eigenvalue weighted by Crippen LogP contribution is -2.44. The van der Waals surface area contributed by atoms with Crippen molar-refractivity contribution >= 4 is 6.03 Å². The molecule has 134 valence electrons. The fraction of sp³-hybridized carbons (Fsp3) is 0.381. The van der Waals surface area contributed by atoms with Crippen LogP contribution in [0, 0.1) is 6.92 Å². The zero-order valence-corrected chi connectivity index (χ0v) is 15.5. The first kappa shape index (κ1) is 18.8. The molecule has 0 radical (unpaired) electrons. The summed E-state index contributed by atoms with van der Waals surface area (Å²) in [5.41, 5.74) is 3.58. The molecule has 2 aromatic carbocycles. The average Bonchev–Trinajstić information content (AvgIpc) is 2.55. The summed E-state index contributed by atoms with van der Waals surface area (Å²) >= 11 is 0. The van der Waals surface area contributed by atoms with E-state index in [4.69, 9.17) is 4.74 Å². The number of amides is 2. The Morgan fingerprint density at radius 2 is 1.84 bits per heavy atom. The number of nitrogens with one attached hydrogen (secondary N) is 2. The number of aryl methyl sites for hydroxylation is 1. The maximum Gasteiger partial charge on any atom is 0.317 e. The van der Waals surface area contributed by atoms with Crippen LogP contribution in [0.2, 0.25) is 0 Å². The molecule has 2 N–H and O–H groups in total. The van der Waals surface area contributed by atoms with Crippen LogP contribution >= 0.6 is 0 Å². The molecule has 0 aromatic heterocycles. The number of hydrogen-bond acceptors (Lipinski definition) is 2. The number of carbonyl (C=O) groups is 1. The number of para-hydroxylation sites is 1. The quantitative estimate of drug-likeness (QED) is 0.735. The SMILES string of the molecule is Cc1cccc(CCNC(=O)NC(C)Oc2ccccc2C(C)C)c1. The van der Waals surface area contributed by atoms with E-state index < -0.39 is 6.23 Å². The van der Waals surface area contributed by atoms with Gasteiger partial charge in [-0.2, -0.15) is 0 Å². The molecular weight excluding hydrogens is 312 g/mol. The number of urea groups is 1. The molecule has 1 atom stereocenters. The van der Waals surface area contributed by atoms with Crippen molar-refractivity contribution in [2.75, 3.05) is 6.54 Å². The van der Waals surface area contributed by atoms with E-state index in [1.54, 1.807) is 0 Å². The third-order valence-corrected chi connectivity index (χ3v) is 3.96. The van der Waals surface area contributed by atoms with Gasteiger partial charge >= 0.3 is 6.03 Å². The molecule has 0 aliphatic rings. The standard InChI is InChI=1S/C21H28N2O2/c1-15(2)19-10-5-6-11-20(19)25-17(4)23-21(24)22-13-12-18-9-7-8-16(3)14-18/h5-11,14-15,17H,12-13H2,1-4H3,(H2,22,23,24). The van der Waals surface area contributed by atoms with Gasteiger partial charge in [0.1, 0.15) is 5.75 Å². The van der Waals surface area contributed by atoms with Gasteiger partial charge in [0.15, 0.2) is 6.23 Å². The van der Waals surface area contributed by atoms with Crippen molar-refractivity contribution in [3.05, 3.63) is 65.2 Å². The van der Waals surface area contributed by atoms with Crippen LogP contribution in [-0.4, -0.2) is 18.8 Å². The third kappa shape index (κ3) is 6.14. The number of hydrogen-bond donors (Lipinski definition) is 2. The molecule has 2 rings (SSSR count). The van der Waals surface area contributed by atoms with Gasteiger partial charge in [-0.1, -0.05) is 61.9 Å². The Balaban J connectivity index is 1.78. The third-order valence-electron chi connectivity index (χ3n) is 3.96. The Labute approximate surface area is 150 Å². The van der Waals surface area contributed by atoms with Gasteiger partial charge in [0, 0.05) is 6.54 Å². The Bertz CT molecular complexity index is 698. The molecule has 0 saturated heterocycles. The van der Waals surface area contributed by atoms with Crippen molar-refractivity contribution in [1.82, 2.24) is 10.6 Å². The van der Waals surface area contributed by atoms with Gasteiger partial charge in [0.2, 0.25) is 0 Å². The summed E-state index contributed by atoms with van der Waals surface area (Å²) in [6, 6.07) is 16.0. The van der Waals surface area contributed by atoms with Crippen LogP contribution in [0.4, 0.5) is 4.79 Å². The highest BCUT2D eigenvalue weighted by Crippen LogP contribution is 2.26.